The van der Waals surface area contributed by atoms with Crippen LogP contribution >= 0.6 is 11.3 Å². The second-order valence-electron chi connectivity index (χ2n) is 4.72. The Morgan fingerprint density at radius 3 is 2.95 bits per heavy atom. The Kier molecular flexibility index (Phi) is 3.51. The molecule has 0 aromatic carbocycles. The molecular weight excluding hydrogens is 276 g/mol. The van der Waals surface area contributed by atoms with E-state index in [1.807, 2.05) is 0 Å². The fraction of sp³-hybridized carbons (Fsp3) is 0.308. The predicted octanol–water partition coefficient (Wildman–Crippen LogP) is 1.75. The van der Waals surface area contributed by atoms with Gasteiger partial charge >= 0.3 is 0 Å². The maximum Gasteiger partial charge on any atom is 0.261 e. The molecule has 2 aromatic rings. The number of hydrogen-bond acceptors (Lipinski definition) is 4. The van der Waals surface area contributed by atoms with Crippen LogP contribution in [0.1, 0.15) is 28.1 Å². The molecule has 104 valence electrons. The van der Waals surface area contributed by atoms with Crippen molar-refractivity contribution in [2.45, 2.75) is 19.4 Å². The molecule has 3 rings (SSSR count). The normalized spacial score (nSPS) is 14.0. The first-order valence-corrected chi connectivity index (χ1v) is 7.20. The van der Waals surface area contributed by atoms with Gasteiger partial charge in [-0.3, -0.25) is 14.7 Å². The van der Waals surface area contributed by atoms with Crippen molar-refractivity contribution >= 4 is 28.2 Å². The zero-order valence-electron chi connectivity index (χ0n) is 10.7. The summed E-state index contributed by atoms with van der Waals surface area (Å²) in [5.74, 6) is 0.0655. The average Bonchev–Trinajstić information content (AvgIpc) is 2.98. The summed E-state index contributed by atoms with van der Waals surface area (Å²) < 4.78 is 0. The second kappa shape index (κ2) is 5.46. The van der Waals surface area contributed by atoms with E-state index in [2.05, 4.69) is 20.8 Å². The van der Waals surface area contributed by atoms with E-state index in [0.29, 0.717) is 11.4 Å². The highest BCUT2D eigenvalue weighted by Gasteiger charge is 2.29. The minimum absolute atomic E-state index is 0.0530. The molecule has 1 fully saturated rings. The first-order valence-electron chi connectivity index (χ1n) is 6.39. The number of carbonyl (C=O) groups is 2. The molecule has 0 atom stereocenters. The van der Waals surface area contributed by atoms with Gasteiger partial charge in [0.15, 0.2) is 0 Å². The zero-order valence-corrected chi connectivity index (χ0v) is 11.5. The van der Waals surface area contributed by atoms with Crippen molar-refractivity contribution in [1.29, 1.82) is 0 Å². The van der Waals surface area contributed by atoms with Crippen LogP contribution in [0.3, 0.4) is 0 Å². The van der Waals surface area contributed by atoms with Gasteiger partial charge in [-0.25, -0.2) is 0 Å². The quantitative estimate of drug-likeness (QED) is 0.784. The summed E-state index contributed by atoms with van der Waals surface area (Å²) in [6.07, 6.45) is 5.33. The maximum absolute atomic E-state index is 11.9. The minimum Gasteiger partial charge on any atom is -0.347 e. The predicted molar refractivity (Wildman–Crippen MR) is 75.4 cm³/mol. The van der Waals surface area contributed by atoms with Crippen LogP contribution in [-0.2, 0) is 11.3 Å². The zero-order chi connectivity index (χ0) is 13.9. The first kappa shape index (κ1) is 12.9. The number of nitrogens with one attached hydrogen (secondary N) is 3. The molecule has 2 amide bonds. The second-order valence-corrected chi connectivity index (χ2v) is 5.80. The van der Waals surface area contributed by atoms with Gasteiger partial charge in [0.2, 0.25) is 5.91 Å². The Hall–Kier alpha value is -2.15. The molecule has 20 heavy (non-hydrogen) atoms. The lowest BCUT2D eigenvalue weighted by Crippen LogP contribution is -2.21. The van der Waals surface area contributed by atoms with Crippen molar-refractivity contribution < 1.29 is 9.59 Å². The number of anilines is 1. The highest BCUT2D eigenvalue weighted by molar-refractivity contribution is 7.18. The Morgan fingerprint density at radius 2 is 2.25 bits per heavy atom. The summed E-state index contributed by atoms with van der Waals surface area (Å²) in [7, 11) is 0. The van der Waals surface area contributed by atoms with Crippen LogP contribution < -0.4 is 10.6 Å². The van der Waals surface area contributed by atoms with E-state index in [-0.39, 0.29) is 17.7 Å². The number of aromatic amines is 1. The van der Waals surface area contributed by atoms with Crippen molar-refractivity contribution in [3.8, 4) is 0 Å². The van der Waals surface area contributed by atoms with Gasteiger partial charge in [-0.2, -0.15) is 5.10 Å². The standard InChI is InChI=1S/C13H14N4O2S/c18-12(9-1-2-9)17-11-4-3-10(20-11)13(19)14-5-8-6-15-16-7-8/h3-4,6-7,9H,1-2,5H2,(H,14,19)(H,15,16)(H,17,18). The molecule has 0 radical (unpaired) electrons. The Balaban J connectivity index is 1.55. The van der Waals surface area contributed by atoms with Gasteiger partial charge < -0.3 is 10.6 Å². The van der Waals surface area contributed by atoms with Gasteiger partial charge in [0.1, 0.15) is 0 Å². The van der Waals surface area contributed by atoms with Crippen molar-refractivity contribution in [3.63, 3.8) is 0 Å². The topological polar surface area (TPSA) is 86.9 Å². The highest BCUT2D eigenvalue weighted by atomic mass is 32.1. The molecule has 3 N–H and O–H groups in total. The van der Waals surface area contributed by atoms with E-state index in [9.17, 15) is 9.59 Å². The Labute approximate surface area is 119 Å². The number of rotatable bonds is 5. The van der Waals surface area contributed by atoms with Gasteiger partial charge in [-0.15, -0.1) is 11.3 Å². The lowest BCUT2D eigenvalue weighted by Gasteiger charge is -2.01. The molecule has 2 heterocycles. The van der Waals surface area contributed by atoms with Crippen LogP contribution in [0.25, 0.3) is 0 Å². The van der Waals surface area contributed by atoms with Crippen LogP contribution in [0.15, 0.2) is 24.5 Å². The van der Waals surface area contributed by atoms with Crippen LogP contribution in [0.4, 0.5) is 5.00 Å². The van der Waals surface area contributed by atoms with Gasteiger partial charge in [0, 0.05) is 24.2 Å². The van der Waals surface area contributed by atoms with E-state index < -0.39 is 0 Å². The number of nitrogens with zero attached hydrogens (tertiary/aromatic N) is 1. The van der Waals surface area contributed by atoms with E-state index in [0.717, 1.165) is 23.4 Å². The summed E-state index contributed by atoms with van der Waals surface area (Å²) >= 11 is 1.28. The lowest BCUT2D eigenvalue weighted by atomic mass is 10.3. The van der Waals surface area contributed by atoms with Gasteiger partial charge in [0.05, 0.1) is 16.1 Å². The maximum atomic E-state index is 11.9. The number of carbonyl (C=O) groups excluding carboxylic acids is 2. The molecule has 0 aliphatic heterocycles. The summed E-state index contributed by atoms with van der Waals surface area (Å²) in [5.41, 5.74) is 0.914. The first-order chi connectivity index (χ1) is 9.72. The third kappa shape index (κ3) is 3.05. The van der Waals surface area contributed by atoms with Gasteiger partial charge in [0.25, 0.3) is 5.91 Å². The molecule has 0 unspecified atom stereocenters. The minimum atomic E-state index is -0.150. The molecule has 0 spiro atoms. The molecule has 0 bridgehead atoms. The van der Waals surface area contributed by atoms with Crippen LogP contribution in [-0.4, -0.2) is 22.0 Å². The van der Waals surface area contributed by atoms with Crippen molar-refractivity contribution in [3.05, 3.63) is 35.0 Å². The van der Waals surface area contributed by atoms with Crippen LogP contribution in [0.5, 0.6) is 0 Å². The van der Waals surface area contributed by atoms with Crippen molar-refractivity contribution in [2.24, 2.45) is 5.92 Å². The van der Waals surface area contributed by atoms with Crippen molar-refractivity contribution in [2.75, 3.05) is 5.32 Å². The largest absolute Gasteiger partial charge is 0.347 e. The molecule has 0 saturated heterocycles. The van der Waals surface area contributed by atoms with E-state index in [4.69, 9.17) is 0 Å². The lowest BCUT2D eigenvalue weighted by molar-refractivity contribution is -0.117. The third-order valence-electron chi connectivity index (χ3n) is 3.03. The van der Waals surface area contributed by atoms with E-state index >= 15 is 0 Å². The molecule has 2 aromatic heterocycles. The Bertz CT molecular complexity index is 616. The molecular formula is C13H14N4O2S. The number of aromatic nitrogens is 2. The molecule has 1 aliphatic rings. The summed E-state index contributed by atoms with van der Waals surface area (Å²) in [6, 6.07) is 3.48. The number of thiophene rings is 1. The summed E-state index contributed by atoms with van der Waals surface area (Å²) in [5, 5.41) is 12.9. The van der Waals surface area contributed by atoms with E-state index in [1.165, 1.54) is 11.3 Å². The number of H-pyrrole nitrogens is 1. The van der Waals surface area contributed by atoms with Gasteiger partial charge in [-0.1, -0.05) is 0 Å². The molecule has 7 heteroatoms. The van der Waals surface area contributed by atoms with Crippen molar-refractivity contribution in [1.82, 2.24) is 15.5 Å². The van der Waals surface area contributed by atoms with Crippen LogP contribution in [0.2, 0.25) is 0 Å². The SMILES string of the molecule is O=C(NCc1cn[nH]c1)c1ccc(NC(=O)C2CC2)s1. The molecule has 1 aliphatic carbocycles. The van der Waals surface area contributed by atoms with Gasteiger partial charge in [-0.05, 0) is 25.0 Å². The highest BCUT2D eigenvalue weighted by Crippen LogP contribution is 2.31. The summed E-state index contributed by atoms with van der Waals surface area (Å²) in [6.45, 7) is 0.428. The summed E-state index contributed by atoms with van der Waals surface area (Å²) in [4.78, 5) is 24.1. The number of amides is 2. The Morgan fingerprint density at radius 1 is 1.40 bits per heavy atom. The monoisotopic (exact) mass is 290 g/mol. The number of hydrogen-bond donors (Lipinski definition) is 3. The smallest absolute Gasteiger partial charge is 0.261 e. The molecule has 1 saturated carbocycles. The fourth-order valence-corrected chi connectivity index (χ4v) is 2.57. The van der Waals surface area contributed by atoms with E-state index in [1.54, 1.807) is 24.5 Å². The fourth-order valence-electron chi connectivity index (χ4n) is 1.74. The average molecular weight is 290 g/mol. The third-order valence-corrected chi connectivity index (χ3v) is 4.03. The molecule has 6 nitrogen and oxygen atoms in total. The van der Waals surface area contributed by atoms with Crippen LogP contribution in [0, 0.1) is 5.92 Å².